The Hall–Kier alpha value is -2.42. The van der Waals surface area contributed by atoms with Crippen molar-refractivity contribution >= 4 is 39.8 Å². The van der Waals surface area contributed by atoms with Gasteiger partial charge >= 0.3 is 5.97 Å². The maximum Gasteiger partial charge on any atom is 0.335 e. The second kappa shape index (κ2) is 10.9. The van der Waals surface area contributed by atoms with Crippen molar-refractivity contribution in [1.29, 1.82) is 0 Å². The van der Waals surface area contributed by atoms with Crippen LogP contribution in [-0.2, 0) is 22.7 Å². The molecule has 9 heteroatoms. The molecule has 34 heavy (non-hydrogen) atoms. The molecular formula is C25H25Cl2NO5S. The van der Waals surface area contributed by atoms with E-state index in [-0.39, 0.29) is 33.8 Å². The van der Waals surface area contributed by atoms with Crippen LogP contribution in [0.2, 0.25) is 5.02 Å². The normalized spacial score (nSPS) is 16.2. The first-order valence-corrected chi connectivity index (χ1v) is 12.5. The number of nitrogens with one attached hydrogen (secondary N) is 1. The van der Waals surface area contributed by atoms with Crippen molar-refractivity contribution in [1.82, 2.24) is 5.32 Å². The summed E-state index contributed by atoms with van der Waals surface area (Å²) in [5.74, 6) is -1.17. The first-order chi connectivity index (χ1) is 15.7. The predicted octanol–water partition coefficient (Wildman–Crippen LogP) is 4.47. The molecule has 0 amide bonds. The fraction of sp³-hybridized carbons (Fsp3) is 0.240. The summed E-state index contributed by atoms with van der Waals surface area (Å²) in [5.41, 5.74) is 2.70. The number of aryl methyl sites for hydroxylation is 1. The standard InChI is InChI=1S/C25H24ClNO5S.ClH/c26-20-5-1-3-17(11-20)24(28)15-27-21-9-7-16-8-10-23(14-19(16)12-21)33(31,32)22-6-2-4-18(13-22)25(29)30;/h1-6,8,10-11,13-14,21,24,27-28H,7,9,12,15H2,(H,29,30);1H/t21-,24-;/m0./s1. The number of fused-ring (bicyclic) bond motifs is 1. The molecule has 2 atom stereocenters. The molecule has 1 aliphatic rings. The summed E-state index contributed by atoms with van der Waals surface area (Å²) < 4.78 is 26.2. The minimum atomic E-state index is -3.85. The van der Waals surface area contributed by atoms with E-state index in [9.17, 15) is 23.4 Å². The second-order valence-electron chi connectivity index (χ2n) is 8.19. The van der Waals surface area contributed by atoms with Crippen LogP contribution in [0.1, 0.15) is 39.6 Å². The number of aliphatic hydroxyl groups is 1. The summed E-state index contributed by atoms with van der Waals surface area (Å²) in [6.07, 6.45) is 1.62. The number of aromatic carboxylic acids is 1. The van der Waals surface area contributed by atoms with Gasteiger partial charge in [-0.1, -0.05) is 35.9 Å². The summed E-state index contributed by atoms with van der Waals surface area (Å²) in [4.78, 5) is 11.3. The number of hydrogen-bond acceptors (Lipinski definition) is 5. The molecule has 4 rings (SSSR count). The number of carbonyl (C=O) groups is 1. The SMILES string of the molecule is Cl.O=C(O)c1cccc(S(=O)(=O)c2ccc3c(c2)C[C@@H](NC[C@H](O)c2cccc(Cl)c2)CC3)c1. The van der Waals surface area contributed by atoms with Gasteiger partial charge in [0.25, 0.3) is 0 Å². The lowest BCUT2D eigenvalue weighted by molar-refractivity contribution is 0.0696. The van der Waals surface area contributed by atoms with Crippen molar-refractivity contribution in [2.45, 2.75) is 41.2 Å². The summed E-state index contributed by atoms with van der Waals surface area (Å²) in [6, 6.07) is 17.7. The van der Waals surface area contributed by atoms with Gasteiger partial charge in [-0.05, 0) is 78.4 Å². The van der Waals surface area contributed by atoms with Gasteiger partial charge in [-0.3, -0.25) is 0 Å². The van der Waals surface area contributed by atoms with Gasteiger partial charge in [0.05, 0.1) is 21.5 Å². The summed E-state index contributed by atoms with van der Waals surface area (Å²) in [6.45, 7) is 0.361. The third kappa shape index (κ3) is 5.79. The van der Waals surface area contributed by atoms with E-state index in [0.717, 1.165) is 29.5 Å². The first kappa shape index (κ1) is 26.2. The van der Waals surface area contributed by atoms with Crippen molar-refractivity contribution in [3.8, 4) is 0 Å². The molecule has 0 unspecified atom stereocenters. The Bertz CT molecular complexity index is 1300. The molecule has 3 aromatic rings. The molecule has 0 aliphatic heterocycles. The lowest BCUT2D eigenvalue weighted by Gasteiger charge is -2.27. The van der Waals surface area contributed by atoms with Gasteiger partial charge in [0.2, 0.25) is 9.84 Å². The van der Waals surface area contributed by atoms with Crippen LogP contribution in [0, 0.1) is 0 Å². The summed E-state index contributed by atoms with van der Waals surface area (Å²) in [7, 11) is -3.85. The van der Waals surface area contributed by atoms with Gasteiger partial charge in [-0.15, -0.1) is 12.4 Å². The molecule has 3 N–H and O–H groups in total. The molecule has 0 spiro atoms. The van der Waals surface area contributed by atoms with Gasteiger partial charge in [0.1, 0.15) is 0 Å². The number of halogens is 2. The quantitative estimate of drug-likeness (QED) is 0.423. The summed E-state index contributed by atoms with van der Waals surface area (Å²) >= 11 is 6.00. The third-order valence-corrected chi connectivity index (χ3v) is 7.93. The van der Waals surface area contributed by atoms with Crippen LogP contribution in [0.3, 0.4) is 0 Å². The molecule has 1 aliphatic carbocycles. The zero-order valence-electron chi connectivity index (χ0n) is 18.1. The monoisotopic (exact) mass is 521 g/mol. The minimum Gasteiger partial charge on any atom is -0.478 e. The number of carboxylic acid groups (broad SMARTS) is 1. The number of hydrogen-bond donors (Lipinski definition) is 3. The average molecular weight is 522 g/mol. The molecule has 6 nitrogen and oxygen atoms in total. The van der Waals surface area contributed by atoms with Crippen LogP contribution in [0.15, 0.2) is 76.5 Å². The Morgan fingerprint density at radius 1 is 1.03 bits per heavy atom. The van der Waals surface area contributed by atoms with Crippen molar-refractivity contribution in [2.75, 3.05) is 6.54 Å². The van der Waals surface area contributed by atoms with E-state index in [4.69, 9.17) is 11.6 Å². The topological polar surface area (TPSA) is 104 Å². The van der Waals surface area contributed by atoms with Crippen LogP contribution in [0.25, 0.3) is 0 Å². The maximum atomic E-state index is 13.1. The average Bonchev–Trinajstić information content (AvgIpc) is 2.82. The molecule has 0 heterocycles. The number of aliphatic hydroxyl groups excluding tert-OH is 1. The lowest BCUT2D eigenvalue weighted by atomic mass is 9.88. The Labute approximate surface area is 209 Å². The van der Waals surface area contributed by atoms with E-state index >= 15 is 0 Å². The number of rotatable bonds is 7. The molecule has 0 saturated carbocycles. The summed E-state index contributed by atoms with van der Waals surface area (Å²) in [5, 5.41) is 23.6. The van der Waals surface area contributed by atoms with E-state index in [1.165, 1.54) is 24.3 Å². The molecule has 0 aromatic heterocycles. The van der Waals surface area contributed by atoms with E-state index in [1.54, 1.807) is 30.3 Å². The highest BCUT2D eigenvalue weighted by Crippen LogP contribution is 2.28. The number of benzene rings is 3. The van der Waals surface area contributed by atoms with Crippen LogP contribution in [0.4, 0.5) is 0 Å². The highest BCUT2D eigenvalue weighted by Gasteiger charge is 2.24. The van der Waals surface area contributed by atoms with E-state index < -0.39 is 21.9 Å². The van der Waals surface area contributed by atoms with Crippen molar-refractivity contribution in [2.24, 2.45) is 0 Å². The van der Waals surface area contributed by atoms with Crippen LogP contribution in [0.5, 0.6) is 0 Å². The molecule has 3 aromatic carbocycles. The Morgan fingerprint density at radius 2 is 1.76 bits per heavy atom. The van der Waals surface area contributed by atoms with Crippen LogP contribution >= 0.6 is 24.0 Å². The van der Waals surface area contributed by atoms with Crippen molar-refractivity contribution in [3.05, 3.63) is 94.0 Å². The zero-order valence-corrected chi connectivity index (χ0v) is 20.5. The maximum absolute atomic E-state index is 13.1. The number of carboxylic acids is 1. The first-order valence-electron chi connectivity index (χ1n) is 10.6. The van der Waals surface area contributed by atoms with Gasteiger partial charge in [0, 0.05) is 17.6 Å². The minimum absolute atomic E-state index is 0. The van der Waals surface area contributed by atoms with Crippen molar-refractivity contribution < 1.29 is 23.4 Å². The van der Waals surface area contributed by atoms with Gasteiger partial charge in [0.15, 0.2) is 0 Å². The van der Waals surface area contributed by atoms with E-state index in [2.05, 4.69) is 5.32 Å². The Morgan fingerprint density at radius 3 is 2.50 bits per heavy atom. The van der Waals surface area contributed by atoms with Crippen molar-refractivity contribution in [3.63, 3.8) is 0 Å². The van der Waals surface area contributed by atoms with Gasteiger partial charge in [-0.25, -0.2) is 13.2 Å². The molecule has 0 fully saturated rings. The highest BCUT2D eigenvalue weighted by molar-refractivity contribution is 7.91. The van der Waals surface area contributed by atoms with Crippen LogP contribution in [-0.4, -0.2) is 37.2 Å². The molecule has 0 radical (unpaired) electrons. The smallest absolute Gasteiger partial charge is 0.335 e. The van der Waals surface area contributed by atoms with E-state index in [1.807, 2.05) is 12.1 Å². The fourth-order valence-corrected chi connectivity index (χ4v) is 5.67. The molecule has 180 valence electrons. The highest BCUT2D eigenvalue weighted by atomic mass is 35.5. The second-order valence-corrected chi connectivity index (χ2v) is 10.6. The third-order valence-electron chi connectivity index (χ3n) is 5.94. The molecular weight excluding hydrogens is 497 g/mol. The van der Waals surface area contributed by atoms with Gasteiger partial charge in [-0.2, -0.15) is 0 Å². The van der Waals surface area contributed by atoms with Crippen LogP contribution < -0.4 is 5.32 Å². The fourth-order valence-electron chi connectivity index (χ4n) is 4.12. The Kier molecular flexibility index (Phi) is 8.38. The zero-order chi connectivity index (χ0) is 23.6. The van der Waals surface area contributed by atoms with E-state index in [0.29, 0.717) is 18.0 Å². The predicted molar refractivity (Wildman–Crippen MR) is 133 cm³/mol. The van der Waals surface area contributed by atoms with Gasteiger partial charge < -0.3 is 15.5 Å². The largest absolute Gasteiger partial charge is 0.478 e. The lowest BCUT2D eigenvalue weighted by Crippen LogP contribution is -2.37. The molecule has 0 saturated heterocycles. The Balaban J connectivity index is 0.00000324. The number of sulfone groups is 1. The molecule has 0 bridgehead atoms.